The number of hydrogen-bond acceptors (Lipinski definition) is 3. The van der Waals surface area contributed by atoms with E-state index in [2.05, 4.69) is 33.8 Å². The zero-order valence-electron chi connectivity index (χ0n) is 13.9. The van der Waals surface area contributed by atoms with Crippen molar-refractivity contribution >= 4 is 5.97 Å². The van der Waals surface area contributed by atoms with E-state index in [4.69, 9.17) is 9.47 Å². The number of carbonyl (C=O) groups is 1. The van der Waals surface area contributed by atoms with Crippen LogP contribution in [0.4, 0.5) is 0 Å². The number of benzene rings is 1. The van der Waals surface area contributed by atoms with Crippen LogP contribution in [0.2, 0.25) is 0 Å². The van der Waals surface area contributed by atoms with Gasteiger partial charge in [-0.15, -0.1) is 0 Å². The summed E-state index contributed by atoms with van der Waals surface area (Å²) in [6, 6.07) is 2.16. The summed E-state index contributed by atoms with van der Waals surface area (Å²) in [4.78, 5) is 12.6. The normalized spacial score (nSPS) is 32.0. The van der Waals surface area contributed by atoms with Crippen LogP contribution in [-0.2, 0) is 27.1 Å². The van der Waals surface area contributed by atoms with Gasteiger partial charge in [0.25, 0.3) is 0 Å². The Hall–Kier alpha value is -1.35. The Morgan fingerprint density at radius 1 is 1.32 bits per heavy atom. The average molecular weight is 300 g/mol. The van der Waals surface area contributed by atoms with Gasteiger partial charge in [0, 0.05) is 12.0 Å². The molecule has 0 amide bonds. The van der Waals surface area contributed by atoms with Gasteiger partial charge in [-0.05, 0) is 60.3 Å². The van der Waals surface area contributed by atoms with Gasteiger partial charge in [-0.2, -0.15) is 0 Å². The lowest BCUT2D eigenvalue weighted by Crippen LogP contribution is -2.28. The first-order chi connectivity index (χ1) is 10.3. The Kier molecular flexibility index (Phi) is 2.82. The molecular formula is C19H24O3. The molecule has 2 atom stereocenters. The molecule has 118 valence electrons. The van der Waals surface area contributed by atoms with E-state index in [0.29, 0.717) is 12.5 Å². The van der Waals surface area contributed by atoms with Crippen molar-refractivity contribution in [3.05, 3.63) is 33.9 Å². The van der Waals surface area contributed by atoms with E-state index in [9.17, 15) is 4.79 Å². The minimum absolute atomic E-state index is 0.132. The third kappa shape index (κ3) is 1.75. The standard InChI is InChI=1S/C19H24O3/c1-11-9-19(21-10-11)14-8-12(2)16-13(15(14)17(20)22-19)6-5-7-18(16,3)4/h8,11H,5-7,9-10H2,1-4H3/t11-,19+/m1/s1. The number of fused-ring (bicyclic) bond motifs is 4. The zero-order chi connectivity index (χ0) is 15.7. The van der Waals surface area contributed by atoms with Gasteiger partial charge in [0.15, 0.2) is 0 Å². The van der Waals surface area contributed by atoms with Crippen LogP contribution in [0.3, 0.4) is 0 Å². The minimum Gasteiger partial charge on any atom is -0.425 e. The van der Waals surface area contributed by atoms with E-state index in [1.165, 1.54) is 23.1 Å². The SMILES string of the molecule is Cc1cc2c(c3c1C(C)(C)CCC3)C(=O)O[C@@]21C[C@@H](C)CO1. The Morgan fingerprint density at radius 3 is 2.77 bits per heavy atom. The molecule has 0 bridgehead atoms. The smallest absolute Gasteiger partial charge is 0.341 e. The summed E-state index contributed by atoms with van der Waals surface area (Å²) in [5, 5.41) is 0. The van der Waals surface area contributed by atoms with Crippen LogP contribution in [0.25, 0.3) is 0 Å². The molecule has 4 rings (SSSR count). The Morgan fingerprint density at radius 2 is 2.09 bits per heavy atom. The number of ether oxygens (including phenoxy) is 2. The summed E-state index contributed by atoms with van der Waals surface area (Å²) in [5.74, 6) is -0.572. The number of rotatable bonds is 0. The van der Waals surface area contributed by atoms with E-state index in [-0.39, 0.29) is 11.4 Å². The molecule has 1 saturated heterocycles. The fourth-order valence-electron chi connectivity index (χ4n) is 4.81. The van der Waals surface area contributed by atoms with Gasteiger partial charge in [-0.3, -0.25) is 0 Å². The van der Waals surface area contributed by atoms with Crippen LogP contribution in [0.15, 0.2) is 6.07 Å². The largest absolute Gasteiger partial charge is 0.425 e. The van der Waals surface area contributed by atoms with Gasteiger partial charge in [-0.1, -0.05) is 20.8 Å². The van der Waals surface area contributed by atoms with Crippen molar-refractivity contribution in [3.8, 4) is 0 Å². The predicted molar refractivity (Wildman–Crippen MR) is 84.0 cm³/mol. The van der Waals surface area contributed by atoms with Crippen LogP contribution in [0.1, 0.15) is 72.6 Å². The topological polar surface area (TPSA) is 35.5 Å². The molecule has 3 heteroatoms. The third-order valence-electron chi connectivity index (χ3n) is 5.62. The van der Waals surface area contributed by atoms with Crippen molar-refractivity contribution in [3.63, 3.8) is 0 Å². The lowest BCUT2D eigenvalue weighted by atomic mass is 9.69. The van der Waals surface area contributed by atoms with E-state index in [1.54, 1.807) is 0 Å². The van der Waals surface area contributed by atoms with Crippen molar-refractivity contribution in [1.82, 2.24) is 0 Å². The molecule has 0 radical (unpaired) electrons. The first-order valence-corrected chi connectivity index (χ1v) is 8.39. The summed E-state index contributed by atoms with van der Waals surface area (Å²) in [7, 11) is 0. The summed E-state index contributed by atoms with van der Waals surface area (Å²) >= 11 is 0. The van der Waals surface area contributed by atoms with Gasteiger partial charge < -0.3 is 9.47 Å². The molecule has 2 aliphatic heterocycles. The van der Waals surface area contributed by atoms with Crippen LogP contribution in [0, 0.1) is 12.8 Å². The van der Waals surface area contributed by atoms with Crippen molar-refractivity contribution in [2.45, 2.75) is 64.6 Å². The van der Waals surface area contributed by atoms with Crippen molar-refractivity contribution in [2.24, 2.45) is 5.92 Å². The van der Waals surface area contributed by atoms with Gasteiger partial charge in [0.2, 0.25) is 5.79 Å². The van der Waals surface area contributed by atoms with Crippen LogP contribution in [0.5, 0.6) is 0 Å². The summed E-state index contributed by atoms with van der Waals surface area (Å²) < 4.78 is 11.7. The third-order valence-corrected chi connectivity index (χ3v) is 5.62. The predicted octanol–water partition coefficient (Wildman–Crippen LogP) is 3.99. The molecule has 1 aliphatic carbocycles. The molecular weight excluding hydrogens is 276 g/mol. The Balaban J connectivity index is 1.96. The average Bonchev–Trinajstić information content (AvgIpc) is 2.91. The highest BCUT2D eigenvalue weighted by atomic mass is 16.7. The second-order valence-electron chi connectivity index (χ2n) is 7.97. The first-order valence-electron chi connectivity index (χ1n) is 8.39. The summed E-state index contributed by atoms with van der Waals surface area (Å²) in [6.07, 6.45) is 4.05. The number of aryl methyl sites for hydroxylation is 1. The van der Waals surface area contributed by atoms with Crippen LogP contribution in [-0.4, -0.2) is 12.6 Å². The Labute approximate surface area is 132 Å². The second-order valence-corrected chi connectivity index (χ2v) is 7.97. The first kappa shape index (κ1) is 14.3. The fourth-order valence-corrected chi connectivity index (χ4v) is 4.81. The zero-order valence-corrected chi connectivity index (χ0v) is 13.9. The van der Waals surface area contributed by atoms with Crippen LogP contribution < -0.4 is 0 Å². The highest BCUT2D eigenvalue weighted by Crippen LogP contribution is 2.51. The van der Waals surface area contributed by atoms with Crippen molar-refractivity contribution in [2.75, 3.05) is 6.61 Å². The number of carbonyl (C=O) groups excluding carboxylic acids is 1. The van der Waals surface area contributed by atoms with E-state index >= 15 is 0 Å². The molecule has 2 heterocycles. The lowest BCUT2D eigenvalue weighted by molar-refractivity contribution is -0.172. The maximum Gasteiger partial charge on any atom is 0.341 e. The van der Waals surface area contributed by atoms with Crippen molar-refractivity contribution in [1.29, 1.82) is 0 Å². The monoisotopic (exact) mass is 300 g/mol. The quantitative estimate of drug-likeness (QED) is 0.680. The minimum atomic E-state index is -0.812. The highest BCUT2D eigenvalue weighted by Gasteiger charge is 2.53. The van der Waals surface area contributed by atoms with E-state index < -0.39 is 5.79 Å². The molecule has 1 spiro atoms. The maximum absolute atomic E-state index is 12.6. The summed E-state index contributed by atoms with van der Waals surface area (Å²) in [6.45, 7) is 9.55. The molecule has 1 aromatic rings. The molecule has 0 aromatic heterocycles. The van der Waals surface area contributed by atoms with Crippen LogP contribution >= 0.6 is 0 Å². The molecule has 1 aromatic carbocycles. The number of hydrogen-bond donors (Lipinski definition) is 0. The maximum atomic E-state index is 12.6. The lowest BCUT2D eigenvalue weighted by Gasteiger charge is -2.35. The van der Waals surface area contributed by atoms with E-state index in [1.807, 2.05) is 0 Å². The fraction of sp³-hybridized carbons (Fsp3) is 0.632. The van der Waals surface area contributed by atoms with Crippen molar-refractivity contribution < 1.29 is 14.3 Å². The Bertz CT molecular complexity index is 674. The molecule has 3 aliphatic rings. The second kappa shape index (κ2) is 4.35. The van der Waals surface area contributed by atoms with Gasteiger partial charge >= 0.3 is 5.97 Å². The molecule has 3 nitrogen and oxygen atoms in total. The van der Waals surface area contributed by atoms with Gasteiger partial charge in [0.1, 0.15) is 0 Å². The molecule has 1 fully saturated rings. The molecule has 22 heavy (non-hydrogen) atoms. The summed E-state index contributed by atoms with van der Waals surface area (Å²) in [5.41, 5.74) is 5.78. The van der Waals surface area contributed by atoms with Gasteiger partial charge in [-0.25, -0.2) is 4.79 Å². The molecule has 0 unspecified atom stereocenters. The van der Waals surface area contributed by atoms with Gasteiger partial charge in [0.05, 0.1) is 12.2 Å². The van der Waals surface area contributed by atoms with E-state index in [0.717, 1.165) is 30.4 Å². The number of esters is 1. The molecule has 0 N–H and O–H groups in total. The highest BCUT2D eigenvalue weighted by molar-refractivity contribution is 5.97. The molecule has 0 saturated carbocycles.